The summed E-state index contributed by atoms with van der Waals surface area (Å²) >= 11 is 0. The molecule has 2 aromatic carbocycles. The normalized spacial score (nSPS) is 25.7. The molecule has 0 unspecified atom stereocenters. The molecule has 1 aliphatic heterocycles. The summed E-state index contributed by atoms with van der Waals surface area (Å²) in [6.45, 7) is 1.44. The van der Waals surface area contributed by atoms with Gasteiger partial charge in [0.2, 0.25) is 12.0 Å². The first-order valence-corrected chi connectivity index (χ1v) is 9.50. The van der Waals surface area contributed by atoms with Crippen molar-refractivity contribution in [3.8, 4) is 40.1 Å². The number of rotatable bonds is 3. The first kappa shape index (κ1) is 21.7. The van der Waals surface area contributed by atoms with E-state index in [1.54, 1.807) is 0 Å². The molecule has 0 saturated carbocycles. The van der Waals surface area contributed by atoms with Crippen LogP contribution in [0.5, 0.6) is 28.7 Å². The summed E-state index contributed by atoms with van der Waals surface area (Å²) in [5, 5.41) is 69.3. The highest BCUT2D eigenvalue weighted by Crippen LogP contribution is 2.43. The van der Waals surface area contributed by atoms with Crippen molar-refractivity contribution in [2.45, 2.75) is 37.6 Å². The Morgan fingerprint density at radius 3 is 2.28 bits per heavy atom. The van der Waals surface area contributed by atoms with Gasteiger partial charge in [-0.2, -0.15) is 0 Å². The fraction of sp³-hybridized carbons (Fsp3) is 0.286. The van der Waals surface area contributed by atoms with Gasteiger partial charge in [-0.05, 0) is 25.1 Å². The van der Waals surface area contributed by atoms with E-state index in [1.807, 2.05) is 0 Å². The van der Waals surface area contributed by atoms with E-state index in [0.717, 1.165) is 18.2 Å². The minimum atomic E-state index is -1.68. The quantitative estimate of drug-likeness (QED) is 0.276. The number of benzene rings is 2. The van der Waals surface area contributed by atoms with Crippen molar-refractivity contribution in [1.29, 1.82) is 0 Å². The topological polar surface area (TPSA) is 190 Å². The molecule has 170 valence electrons. The van der Waals surface area contributed by atoms with Gasteiger partial charge in [0.1, 0.15) is 35.0 Å². The Hall–Kier alpha value is -3.51. The summed E-state index contributed by atoms with van der Waals surface area (Å²) in [4.78, 5) is 12.6. The summed E-state index contributed by atoms with van der Waals surface area (Å²) in [6.07, 6.45) is -7.08. The van der Waals surface area contributed by atoms with Gasteiger partial charge in [-0.15, -0.1) is 0 Å². The van der Waals surface area contributed by atoms with Crippen LogP contribution in [0.15, 0.2) is 39.5 Å². The van der Waals surface area contributed by atoms with Crippen LogP contribution in [0.4, 0.5) is 0 Å². The maximum absolute atomic E-state index is 12.6. The molecule has 7 N–H and O–H groups in total. The number of hydrogen-bond donors (Lipinski definition) is 7. The second-order valence-corrected chi connectivity index (χ2v) is 7.42. The highest BCUT2D eigenvalue weighted by molar-refractivity contribution is 5.89. The molecule has 0 radical (unpaired) electrons. The van der Waals surface area contributed by atoms with Crippen LogP contribution in [0.2, 0.25) is 0 Å². The lowest BCUT2D eigenvalue weighted by Gasteiger charge is -2.38. The molecule has 11 nitrogen and oxygen atoms in total. The van der Waals surface area contributed by atoms with Crippen LogP contribution < -0.4 is 10.2 Å². The van der Waals surface area contributed by atoms with Gasteiger partial charge in [-0.1, -0.05) is 0 Å². The monoisotopic (exact) mass is 448 g/mol. The van der Waals surface area contributed by atoms with Gasteiger partial charge in [0.25, 0.3) is 0 Å². The van der Waals surface area contributed by atoms with Crippen LogP contribution in [-0.4, -0.2) is 66.5 Å². The SMILES string of the molecule is C[C@@H]1O[C@@H](Oc2cc3oc(-c4ccc(O)c(O)c4)cc(=O)c3c(O)c2O)[C@H](O)[C@@H](O)[C@H]1O. The molecular weight excluding hydrogens is 428 g/mol. The molecule has 0 spiro atoms. The number of phenols is 4. The van der Waals surface area contributed by atoms with Gasteiger partial charge < -0.3 is 49.6 Å². The number of hydrogen-bond acceptors (Lipinski definition) is 11. The fourth-order valence-corrected chi connectivity index (χ4v) is 3.41. The fourth-order valence-electron chi connectivity index (χ4n) is 3.41. The van der Waals surface area contributed by atoms with E-state index in [1.165, 1.54) is 19.1 Å². The van der Waals surface area contributed by atoms with Crippen molar-refractivity contribution < 1.29 is 49.6 Å². The molecule has 32 heavy (non-hydrogen) atoms. The van der Waals surface area contributed by atoms with Crippen molar-refractivity contribution >= 4 is 11.0 Å². The van der Waals surface area contributed by atoms with Crippen LogP contribution in [0.1, 0.15) is 6.92 Å². The molecule has 1 saturated heterocycles. The molecule has 1 aromatic heterocycles. The van der Waals surface area contributed by atoms with Crippen LogP contribution >= 0.6 is 0 Å². The third-order valence-electron chi connectivity index (χ3n) is 5.24. The Morgan fingerprint density at radius 1 is 0.875 bits per heavy atom. The third-order valence-corrected chi connectivity index (χ3v) is 5.24. The van der Waals surface area contributed by atoms with E-state index in [0.29, 0.717) is 0 Å². The average Bonchev–Trinajstić information content (AvgIpc) is 2.75. The standard InChI is InChI=1S/C21H20O11/c1-7-16(25)19(28)20(29)21(30-7)32-14-6-13-15(18(27)17(14)26)11(24)5-12(31-13)8-2-3-9(22)10(23)4-8/h2-7,16,19-23,25-29H,1H3/t7-,16-,19-,20+,21-/m0/s1. The lowest BCUT2D eigenvalue weighted by Crippen LogP contribution is -2.58. The minimum Gasteiger partial charge on any atom is -0.504 e. The summed E-state index contributed by atoms with van der Waals surface area (Å²) < 4.78 is 16.4. The minimum absolute atomic E-state index is 0.0186. The zero-order valence-electron chi connectivity index (χ0n) is 16.5. The molecule has 3 aromatic rings. The largest absolute Gasteiger partial charge is 0.504 e. The van der Waals surface area contributed by atoms with Crippen molar-refractivity contribution in [3.05, 3.63) is 40.6 Å². The summed E-state index contributed by atoms with van der Waals surface area (Å²) in [5.74, 6) is -2.93. The number of fused-ring (bicyclic) bond motifs is 1. The molecule has 0 bridgehead atoms. The Kier molecular flexibility index (Phi) is 5.34. The van der Waals surface area contributed by atoms with Gasteiger partial charge in [0.15, 0.2) is 28.4 Å². The Balaban J connectivity index is 1.78. The summed E-state index contributed by atoms with van der Waals surface area (Å²) in [7, 11) is 0. The number of aromatic hydroxyl groups is 4. The molecule has 4 rings (SSSR count). The summed E-state index contributed by atoms with van der Waals surface area (Å²) in [5.41, 5.74) is -0.676. The third kappa shape index (κ3) is 3.56. The first-order valence-electron chi connectivity index (χ1n) is 9.50. The smallest absolute Gasteiger partial charge is 0.229 e. The molecule has 0 aliphatic carbocycles. The number of ether oxygens (including phenoxy) is 2. The van der Waals surface area contributed by atoms with E-state index in [4.69, 9.17) is 13.9 Å². The van der Waals surface area contributed by atoms with Gasteiger partial charge >= 0.3 is 0 Å². The van der Waals surface area contributed by atoms with E-state index in [-0.39, 0.29) is 28.0 Å². The van der Waals surface area contributed by atoms with Gasteiger partial charge in [0, 0.05) is 17.7 Å². The predicted octanol–water partition coefficient (Wildman–Crippen LogP) is 0.489. The van der Waals surface area contributed by atoms with Crippen LogP contribution in [0, 0.1) is 0 Å². The molecule has 1 fully saturated rings. The summed E-state index contributed by atoms with van der Waals surface area (Å²) in [6, 6.07) is 5.85. The molecule has 11 heteroatoms. The van der Waals surface area contributed by atoms with Gasteiger partial charge in [-0.3, -0.25) is 4.79 Å². The van der Waals surface area contributed by atoms with Crippen LogP contribution in [-0.2, 0) is 4.74 Å². The van der Waals surface area contributed by atoms with Gasteiger partial charge in [0.05, 0.1) is 6.10 Å². The lowest BCUT2D eigenvalue weighted by molar-refractivity contribution is -0.268. The van der Waals surface area contributed by atoms with Crippen LogP contribution in [0.3, 0.4) is 0 Å². The molecule has 1 aliphatic rings. The number of phenolic OH excluding ortho intramolecular Hbond substituents is 4. The predicted molar refractivity (Wildman–Crippen MR) is 108 cm³/mol. The van der Waals surface area contributed by atoms with E-state index >= 15 is 0 Å². The number of aliphatic hydroxyl groups excluding tert-OH is 3. The molecule has 2 heterocycles. The zero-order chi connectivity index (χ0) is 23.3. The maximum atomic E-state index is 12.6. The molecular formula is C21H20O11. The molecule has 0 amide bonds. The zero-order valence-corrected chi connectivity index (χ0v) is 16.5. The van der Waals surface area contributed by atoms with Gasteiger partial charge in [-0.25, -0.2) is 0 Å². The number of aliphatic hydroxyl groups is 3. The second kappa shape index (κ2) is 7.88. The Morgan fingerprint density at radius 2 is 1.59 bits per heavy atom. The van der Waals surface area contributed by atoms with E-state index < -0.39 is 59.1 Å². The average molecular weight is 448 g/mol. The Bertz CT molecular complexity index is 1230. The first-order chi connectivity index (χ1) is 15.1. The highest BCUT2D eigenvalue weighted by atomic mass is 16.7. The van der Waals surface area contributed by atoms with E-state index in [2.05, 4.69) is 0 Å². The maximum Gasteiger partial charge on any atom is 0.229 e. The van der Waals surface area contributed by atoms with Crippen molar-refractivity contribution in [3.63, 3.8) is 0 Å². The van der Waals surface area contributed by atoms with E-state index in [9.17, 15) is 40.5 Å². The Labute approximate surface area is 179 Å². The van der Waals surface area contributed by atoms with Crippen molar-refractivity contribution in [1.82, 2.24) is 0 Å². The second-order valence-electron chi connectivity index (χ2n) is 7.42. The van der Waals surface area contributed by atoms with Crippen LogP contribution in [0.25, 0.3) is 22.3 Å². The van der Waals surface area contributed by atoms with Crippen molar-refractivity contribution in [2.75, 3.05) is 0 Å². The highest BCUT2D eigenvalue weighted by Gasteiger charge is 2.43. The lowest BCUT2D eigenvalue weighted by atomic mass is 10.00. The molecule has 5 atom stereocenters. The van der Waals surface area contributed by atoms with Crippen molar-refractivity contribution in [2.24, 2.45) is 0 Å².